The van der Waals surface area contributed by atoms with Gasteiger partial charge in [0, 0.05) is 19.3 Å². The van der Waals surface area contributed by atoms with E-state index in [0.29, 0.717) is 5.15 Å². The molecule has 2 heterocycles. The smallest absolute Gasteiger partial charge is 0.129 e. The molecule has 1 aliphatic heterocycles. The van der Waals surface area contributed by atoms with Gasteiger partial charge in [-0.05, 0) is 42.9 Å². The van der Waals surface area contributed by atoms with Crippen molar-refractivity contribution in [1.82, 2.24) is 9.99 Å². The molecule has 0 unspecified atom stereocenters. The predicted molar refractivity (Wildman–Crippen MR) is 72.8 cm³/mol. The number of hydrogen-bond donors (Lipinski definition) is 1. The molecule has 0 aromatic carbocycles. The van der Waals surface area contributed by atoms with Crippen LogP contribution < -0.4 is 5.84 Å². The number of nitrogens with two attached hydrogens (primary N) is 1. The van der Waals surface area contributed by atoms with Crippen molar-refractivity contribution in [3.05, 3.63) is 29.0 Å². The molecule has 1 saturated heterocycles. The minimum absolute atomic E-state index is 0.587. The van der Waals surface area contributed by atoms with Gasteiger partial charge in [0.1, 0.15) is 5.15 Å². The monoisotopic (exact) mass is 255 g/mol. The summed E-state index contributed by atoms with van der Waals surface area (Å²) >= 11 is 5.85. The van der Waals surface area contributed by atoms with Crippen LogP contribution in [0.4, 0.5) is 0 Å². The molecule has 0 saturated carbocycles. The topological polar surface area (TPSA) is 42.1 Å². The molecular weight excluding hydrogens is 234 g/mol. The van der Waals surface area contributed by atoms with E-state index in [1.165, 1.54) is 18.4 Å². The summed E-state index contributed by atoms with van der Waals surface area (Å²) in [5, 5.41) is 2.49. The third kappa shape index (κ3) is 5.02. The Morgan fingerprint density at radius 2 is 2.06 bits per heavy atom. The number of halogens is 1. The molecule has 0 aliphatic carbocycles. The van der Waals surface area contributed by atoms with E-state index in [0.717, 1.165) is 25.4 Å². The maximum atomic E-state index is 5.85. The summed E-state index contributed by atoms with van der Waals surface area (Å²) in [6.07, 6.45) is 5.22. The molecule has 4 heteroatoms. The van der Waals surface area contributed by atoms with Gasteiger partial charge in [0.05, 0.1) is 0 Å². The first-order chi connectivity index (χ1) is 8.24. The zero-order valence-electron chi connectivity index (χ0n) is 10.7. The van der Waals surface area contributed by atoms with Crippen molar-refractivity contribution in [2.24, 2.45) is 11.8 Å². The lowest BCUT2D eigenvalue weighted by Crippen LogP contribution is -2.39. The highest BCUT2D eigenvalue weighted by molar-refractivity contribution is 6.29. The molecule has 17 heavy (non-hydrogen) atoms. The number of hydrogen-bond acceptors (Lipinski definition) is 3. The van der Waals surface area contributed by atoms with Crippen LogP contribution in [0.25, 0.3) is 0 Å². The Hall–Kier alpha value is -0.640. The lowest BCUT2D eigenvalue weighted by molar-refractivity contribution is 0.187. The average Bonchev–Trinajstić information content (AvgIpc) is 2.35. The highest BCUT2D eigenvalue weighted by Crippen LogP contribution is 2.20. The Bertz CT molecular complexity index is 322. The van der Waals surface area contributed by atoms with E-state index in [1.807, 2.05) is 31.0 Å². The third-order valence-corrected chi connectivity index (χ3v) is 3.17. The Morgan fingerprint density at radius 1 is 1.41 bits per heavy atom. The van der Waals surface area contributed by atoms with Crippen molar-refractivity contribution >= 4 is 11.6 Å². The maximum Gasteiger partial charge on any atom is 0.129 e. The van der Waals surface area contributed by atoms with Crippen molar-refractivity contribution in [2.75, 3.05) is 13.1 Å². The van der Waals surface area contributed by atoms with E-state index in [-0.39, 0.29) is 0 Å². The predicted octanol–water partition coefficient (Wildman–Crippen LogP) is 2.89. The third-order valence-electron chi connectivity index (χ3n) is 2.96. The molecule has 96 valence electrons. The van der Waals surface area contributed by atoms with Crippen LogP contribution in [-0.4, -0.2) is 23.1 Å². The number of hydrazine groups is 1. The standard InChI is InChI=1S/C11H16ClN3.C2H6/c12-11-8-10(1-4-14-11)7-9-2-5-15(13)6-3-9;1-2/h1,4,8-9H,2-3,5-7,13H2;1-2H3. The highest BCUT2D eigenvalue weighted by Gasteiger charge is 2.17. The Balaban J connectivity index is 0.000000686. The van der Waals surface area contributed by atoms with Gasteiger partial charge in [0.2, 0.25) is 0 Å². The second-order valence-corrected chi connectivity index (χ2v) is 4.56. The molecule has 0 bridgehead atoms. The van der Waals surface area contributed by atoms with E-state index in [2.05, 4.69) is 4.98 Å². The molecule has 0 amide bonds. The molecule has 3 nitrogen and oxygen atoms in total. The molecule has 0 radical (unpaired) electrons. The normalized spacial score (nSPS) is 17.4. The number of nitrogens with zero attached hydrogens (tertiary/aromatic N) is 2. The highest BCUT2D eigenvalue weighted by atomic mass is 35.5. The van der Waals surface area contributed by atoms with Crippen LogP contribution in [0.2, 0.25) is 5.15 Å². The summed E-state index contributed by atoms with van der Waals surface area (Å²) in [7, 11) is 0. The van der Waals surface area contributed by atoms with Crippen LogP contribution in [0.5, 0.6) is 0 Å². The molecule has 2 rings (SSSR count). The summed E-state index contributed by atoms with van der Waals surface area (Å²) < 4.78 is 0. The molecule has 0 atom stereocenters. The lowest BCUT2D eigenvalue weighted by Gasteiger charge is -2.28. The van der Waals surface area contributed by atoms with E-state index in [1.54, 1.807) is 6.20 Å². The van der Waals surface area contributed by atoms with Crippen LogP contribution in [-0.2, 0) is 6.42 Å². The quantitative estimate of drug-likeness (QED) is 0.653. The van der Waals surface area contributed by atoms with Gasteiger partial charge in [-0.2, -0.15) is 0 Å². The minimum atomic E-state index is 0.587. The largest absolute Gasteiger partial charge is 0.269 e. The average molecular weight is 256 g/mol. The van der Waals surface area contributed by atoms with E-state index in [4.69, 9.17) is 17.4 Å². The van der Waals surface area contributed by atoms with Gasteiger partial charge in [-0.1, -0.05) is 25.4 Å². The van der Waals surface area contributed by atoms with Crippen molar-refractivity contribution in [2.45, 2.75) is 33.1 Å². The molecule has 1 aromatic heterocycles. The molecule has 1 aliphatic rings. The molecular formula is C13H22ClN3. The summed E-state index contributed by atoms with van der Waals surface area (Å²) in [6.45, 7) is 6.01. The number of pyridine rings is 1. The molecule has 0 spiro atoms. The fraction of sp³-hybridized carbons (Fsp3) is 0.615. The summed E-state index contributed by atoms with van der Waals surface area (Å²) in [5.41, 5.74) is 1.28. The first-order valence-electron chi connectivity index (χ1n) is 6.34. The van der Waals surface area contributed by atoms with E-state index in [9.17, 15) is 0 Å². The molecule has 2 N–H and O–H groups in total. The van der Waals surface area contributed by atoms with Gasteiger partial charge in [-0.15, -0.1) is 0 Å². The van der Waals surface area contributed by atoms with Gasteiger partial charge in [0.25, 0.3) is 0 Å². The summed E-state index contributed by atoms with van der Waals surface area (Å²) in [5.74, 6) is 6.46. The zero-order chi connectivity index (χ0) is 12.7. The first kappa shape index (κ1) is 14.4. The van der Waals surface area contributed by atoms with E-state index >= 15 is 0 Å². The van der Waals surface area contributed by atoms with Crippen LogP contribution in [0, 0.1) is 5.92 Å². The van der Waals surface area contributed by atoms with Gasteiger partial charge < -0.3 is 0 Å². The van der Waals surface area contributed by atoms with Crippen molar-refractivity contribution in [1.29, 1.82) is 0 Å². The SMILES string of the molecule is CC.NN1CCC(Cc2ccnc(Cl)c2)CC1. The fourth-order valence-corrected chi connectivity index (χ4v) is 2.26. The Kier molecular flexibility index (Phi) is 6.48. The Morgan fingerprint density at radius 3 is 2.65 bits per heavy atom. The van der Waals surface area contributed by atoms with Crippen molar-refractivity contribution < 1.29 is 0 Å². The first-order valence-corrected chi connectivity index (χ1v) is 6.72. The van der Waals surface area contributed by atoms with Crippen LogP contribution in [0.15, 0.2) is 18.3 Å². The lowest BCUT2D eigenvalue weighted by atomic mass is 9.91. The van der Waals surface area contributed by atoms with Crippen molar-refractivity contribution in [3.8, 4) is 0 Å². The van der Waals surface area contributed by atoms with Gasteiger partial charge in [-0.25, -0.2) is 9.99 Å². The minimum Gasteiger partial charge on any atom is -0.269 e. The van der Waals surface area contributed by atoms with Crippen LogP contribution >= 0.6 is 11.6 Å². The van der Waals surface area contributed by atoms with Gasteiger partial charge in [0.15, 0.2) is 0 Å². The fourth-order valence-electron chi connectivity index (χ4n) is 2.06. The van der Waals surface area contributed by atoms with E-state index < -0.39 is 0 Å². The second-order valence-electron chi connectivity index (χ2n) is 4.17. The number of rotatable bonds is 2. The Labute approximate surface area is 109 Å². The maximum absolute atomic E-state index is 5.85. The number of aromatic nitrogens is 1. The molecule has 1 aromatic rings. The van der Waals surface area contributed by atoms with Crippen LogP contribution in [0.3, 0.4) is 0 Å². The zero-order valence-corrected chi connectivity index (χ0v) is 11.5. The van der Waals surface area contributed by atoms with Gasteiger partial charge >= 0.3 is 0 Å². The summed E-state index contributed by atoms with van der Waals surface area (Å²) in [6, 6.07) is 4.00. The summed E-state index contributed by atoms with van der Waals surface area (Å²) in [4.78, 5) is 3.98. The van der Waals surface area contributed by atoms with Crippen LogP contribution in [0.1, 0.15) is 32.3 Å². The number of piperidine rings is 1. The molecule has 1 fully saturated rings. The van der Waals surface area contributed by atoms with Gasteiger partial charge in [-0.3, -0.25) is 5.84 Å². The van der Waals surface area contributed by atoms with Crippen molar-refractivity contribution in [3.63, 3.8) is 0 Å². The second kappa shape index (κ2) is 7.64.